The second kappa shape index (κ2) is 4.67. The van der Waals surface area contributed by atoms with Crippen LogP contribution in [-0.2, 0) is 0 Å². The van der Waals surface area contributed by atoms with E-state index < -0.39 is 0 Å². The zero-order valence-corrected chi connectivity index (χ0v) is 12.3. The Morgan fingerprint density at radius 3 is 2.33 bits per heavy atom. The Hall–Kier alpha value is -0.860. The standard InChI is InChI=1S/C16H26N2/c1-15(2,3)18-12-16(4,5)17-11-14(18)13-9-7-6-8-10-13/h6-10,14,17H,11-12H2,1-5H3. The average Bonchev–Trinajstić information content (AvgIpc) is 2.28. The van der Waals surface area contributed by atoms with Crippen LogP contribution in [0.3, 0.4) is 0 Å². The lowest BCUT2D eigenvalue weighted by atomic mass is 9.90. The number of piperazine rings is 1. The highest BCUT2D eigenvalue weighted by Gasteiger charge is 2.38. The van der Waals surface area contributed by atoms with Crippen molar-refractivity contribution in [2.24, 2.45) is 0 Å². The van der Waals surface area contributed by atoms with Crippen LogP contribution in [0.4, 0.5) is 0 Å². The number of hydrogen-bond acceptors (Lipinski definition) is 2. The van der Waals surface area contributed by atoms with E-state index in [2.05, 4.69) is 75.2 Å². The minimum absolute atomic E-state index is 0.193. The second-order valence-electron chi connectivity index (χ2n) is 6.99. The maximum atomic E-state index is 3.67. The molecule has 0 aromatic heterocycles. The van der Waals surface area contributed by atoms with Crippen molar-refractivity contribution < 1.29 is 0 Å². The largest absolute Gasteiger partial charge is 0.309 e. The maximum absolute atomic E-state index is 3.67. The van der Waals surface area contributed by atoms with Gasteiger partial charge in [0.25, 0.3) is 0 Å². The molecule has 1 aromatic carbocycles. The summed E-state index contributed by atoms with van der Waals surface area (Å²) in [4.78, 5) is 2.62. The molecule has 0 amide bonds. The molecule has 2 rings (SSSR count). The van der Waals surface area contributed by atoms with Crippen LogP contribution < -0.4 is 5.32 Å². The van der Waals surface area contributed by atoms with Crippen molar-refractivity contribution in [1.82, 2.24) is 10.2 Å². The summed E-state index contributed by atoms with van der Waals surface area (Å²) in [6, 6.07) is 11.3. The van der Waals surface area contributed by atoms with Crippen LogP contribution in [0.25, 0.3) is 0 Å². The molecule has 0 radical (unpaired) electrons. The van der Waals surface area contributed by atoms with Gasteiger partial charge in [-0.05, 0) is 40.2 Å². The van der Waals surface area contributed by atoms with E-state index in [-0.39, 0.29) is 11.1 Å². The molecule has 2 heteroatoms. The summed E-state index contributed by atoms with van der Waals surface area (Å²) in [6.07, 6.45) is 0. The fourth-order valence-electron chi connectivity index (χ4n) is 2.75. The van der Waals surface area contributed by atoms with Crippen molar-refractivity contribution in [2.45, 2.75) is 51.7 Å². The first-order chi connectivity index (χ1) is 8.30. The molecule has 1 aromatic rings. The van der Waals surface area contributed by atoms with Crippen LogP contribution >= 0.6 is 0 Å². The van der Waals surface area contributed by atoms with Crippen LogP contribution in [0.2, 0.25) is 0 Å². The van der Waals surface area contributed by atoms with Gasteiger partial charge in [0.1, 0.15) is 0 Å². The van der Waals surface area contributed by atoms with Crippen LogP contribution in [-0.4, -0.2) is 29.1 Å². The normalized spacial score (nSPS) is 25.1. The Labute approximate surface area is 111 Å². The topological polar surface area (TPSA) is 15.3 Å². The lowest BCUT2D eigenvalue weighted by Gasteiger charge is -2.50. The highest BCUT2D eigenvalue weighted by atomic mass is 15.3. The van der Waals surface area contributed by atoms with Crippen LogP contribution in [0.5, 0.6) is 0 Å². The van der Waals surface area contributed by atoms with Crippen LogP contribution in [0.1, 0.15) is 46.2 Å². The van der Waals surface area contributed by atoms with Gasteiger partial charge in [-0.15, -0.1) is 0 Å². The van der Waals surface area contributed by atoms with E-state index in [0.717, 1.165) is 13.1 Å². The first-order valence-corrected chi connectivity index (χ1v) is 6.86. The second-order valence-corrected chi connectivity index (χ2v) is 6.99. The SMILES string of the molecule is CC1(C)CN(C(C)(C)C)C(c2ccccc2)CN1. The number of nitrogens with one attached hydrogen (secondary N) is 1. The molecular formula is C16H26N2. The van der Waals surface area contributed by atoms with Crippen molar-refractivity contribution >= 4 is 0 Å². The van der Waals surface area contributed by atoms with Gasteiger partial charge in [-0.3, -0.25) is 4.90 Å². The van der Waals surface area contributed by atoms with Crippen molar-refractivity contribution in [3.05, 3.63) is 35.9 Å². The summed E-state index contributed by atoms with van der Waals surface area (Å²) in [6.45, 7) is 13.6. The molecule has 0 aliphatic carbocycles. The monoisotopic (exact) mass is 246 g/mol. The lowest BCUT2D eigenvalue weighted by Crippen LogP contribution is -2.62. The van der Waals surface area contributed by atoms with Crippen molar-refractivity contribution in [3.63, 3.8) is 0 Å². The molecule has 1 aliphatic rings. The molecule has 1 heterocycles. The smallest absolute Gasteiger partial charge is 0.0478 e. The molecule has 18 heavy (non-hydrogen) atoms. The first-order valence-electron chi connectivity index (χ1n) is 6.86. The summed E-state index contributed by atoms with van der Waals surface area (Å²) < 4.78 is 0. The number of rotatable bonds is 1. The molecule has 1 N–H and O–H groups in total. The van der Waals surface area contributed by atoms with E-state index in [1.54, 1.807) is 0 Å². The summed E-state index contributed by atoms with van der Waals surface area (Å²) in [7, 11) is 0. The Morgan fingerprint density at radius 1 is 1.17 bits per heavy atom. The van der Waals surface area contributed by atoms with E-state index in [1.165, 1.54) is 5.56 Å². The van der Waals surface area contributed by atoms with Gasteiger partial charge in [0.2, 0.25) is 0 Å². The van der Waals surface area contributed by atoms with Crippen LogP contribution in [0, 0.1) is 0 Å². The first kappa shape index (κ1) is 13.6. The number of benzene rings is 1. The van der Waals surface area contributed by atoms with E-state index >= 15 is 0 Å². The Kier molecular flexibility index (Phi) is 3.52. The molecule has 1 saturated heterocycles. The van der Waals surface area contributed by atoms with E-state index in [4.69, 9.17) is 0 Å². The third-order valence-electron chi connectivity index (χ3n) is 3.76. The van der Waals surface area contributed by atoms with Crippen molar-refractivity contribution in [1.29, 1.82) is 0 Å². The van der Waals surface area contributed by atoms with Gasteiger partial charge >= 0.3 is 0 Å². The molecule has 1 fully saturated rings. The van der Waals surface area contributed by atoms with Gasteiger partial charge in [0, 0.05) is 30.2 Å². The van der Waals surface area contributed by atoms with Gasteiger partial charge < -0.3 is 5.32 Å². The van der Waals surface area contributed by atoms with Gasteiger partial charge in [-0.1, -0.05) is 30.3 Å². The molecule has 1 aliphatic heterocycles. The Bertz CT molecular complexity index is 389. The van der Waals surface area contributed by atoms with E-state index in [0.29, 0.717) is 6.04 Å². The fourth-order valence-corrected chi connectivity index (χ4v) is 2.75. The minimum Gasteiger partial charge on any atom is -0.309 e. The predicted molar refractivity (Wildman–Crippen MR) is 77.7 cm³/mol. The summed E-state index contributed by atoms with van der Waals surface area (Å²) in [5, 5.41) is 3.67. The number of nitrogens with zero attached hydrogens (tertiary/aromatic N) is 1. The molecule has 1 unspecified atom stereocenters. The Morgan fingerprint density at radius 2 is 1.78 bits per heavy atom. The molecule has 2 nitrogen and oxygen atoms in total. The lowest BCUT2D eigenvalue weighted by molar-refractivity contribution is 0.0179. The van der Waals surface area contributed by atoms with Crippen molar-refractivity contribution in [3.8, 4) is 0 Å². The van der Waals surface area contributed by atoms with Crippen LogP contribution in [0.15, 0.2) is 30.3 Å². The van der Waals surface area contributed by atoms with Gasteiger partial charge in [0.05, 0.1) is 0 Å². The van der Waals surface area contributed by atoms with E-state index in [1.807, 2.05) is 0 Å². The summed E-state index contributed by atoms with van der Waals surface area (Å²) in [5.41, 5.74) is 1.80. The van der Waals surface area contributed by atoms with Gasteiger partial charge in [-0.25, -0.2) is 0 Å². The predicted octanol–water partition coefficient (Wildman–Crippen LogP) is 3.21. The third kappa shape index (κ3) is 2.93. The quantitative estimate of drug-likeness (QED) is 0.818. The molecule has 0 spiro atoms. The summed E-state index contributed by atoms with van der Waals surface area (Å²) >= 11 is 0. The highest BCUT2D eigenvalue weighted by Crippen LogP contribution is 2.32. The van der Waals surface area contributed by atoms with Crippen molar-refractivity contribution in [2.75, 3.05) is 13.1 Å². The highest BCUT2D eigenvalue weighted by molar-refractivity contribution is 5.21. The van der Waals surface area contributed by atoms with Gasteiger partial charge in [-0.2, -0.15) is 0 Å². The molecule has 1 atom stereocenters. The summed E-state index contributed by atoms with van der Waals surface area (Å²) in [5.74, 6) is 0. The number of hydrogen-bond donors (Lipinski definition) is 1. The van der Waals surface area contributed by atoms with Gasteiger partial charge in [0.15, 0.2) is 0 Å². The fraction of sp³-hybridized carbons (Fsp3) is 0.625. The Balaban J connectivity index is 2.29. The maximum Gasteiger partial charge on any atom is 0.0478 e. The zero-order valence-electron chi connectivity index (χ0n) is 12.3. The average molecular weight is 246 g/mol. The molecular weight excluding hydrogens is 220 g/mol. The molecule has 0 bridgehead atoms. The van der Waals surface area contributed by atoms with E-state index in [9.17, 15) is 0 Å². The minimum atomic E-state index is 0.193. The molecule has 100 valence electrons. The zero-order chi connectivity index (χ0) is 13.4. The third-order valence-corrected chi connectivity index (χ3v) is 3.76. The molecule has 0 saturated carbocycles.